The number of allylic oxidation sites excluding steroid dienone is 5. The molecule has 1 aliphatic rings. The summed E-state index contributed by atoms with van der Waals surface area (Å²) in [6.07, 6.45) is 7.56. The highest BCUT2D eigenvalue weighted by Gasteiger charge is 2.02. The molecule has 0 aromatic heterocycles. The van der Waals surface area contributed by atoms with Gasteiger partial charge in [-0.1, -0.05) is 17.7 Å². The Hall–Kier alpha value is -0.850. The minimum atomic E-state index is -0.00666. The molecule has 0 saturated carbocycles. The van der Waals surface area contributed by atoms with Crippen molar-refractivity contribution >= 4 is 0 Å². The summed E-state index contributed by atoms with van der Waals surface area (Å²) in [5.41, 5.74) is 1.27. The molecule has 0 aliphatic heterocycles. The molecule has 0 atom stereocenters. The summed E-state index contributed by atoms with van der Waals surface area (Å²) in [4.78, 5) is 0. The minimum absolute atomic E-state index is 0.00666. The highest BCUT2D eigenvalue weighted by molar-refractivity contribution is 5.21. The molecule has 0 unspecified atom stereocenters. The van der Waals surface area contributed by atoms with E-state index in [1.54, 1.807) is 6.08 Å². The average Bonchev–Trinajstić information content (AvgIpc) is 1.95. The van der Waals surface area contributed by atoms with Gasteiger partial charge in [0.1, 0.15) is 5.83 Å². The first-order valence-electron chi connectivity index (χ1n) is 3.48. The molecule has 1 heteroatoms. The Balaban J connectivity index is 2.55. The number of hydrogen-bond donors (Lipinski definition) is 0. The summed E-state index contributed by atoms with van der Waals surface area (Å²) >= 11 is 0. The molecule has 0 spiro atoms. The fraction of sp³-hybridized carbons (Fsp3) is 0.333. The van der Waals surface area contributed by atoms with Gasteiger partial charge < -0.3 is 0 Å². The smallest absolute Gasteiger partial charge is 0.100 e. The maximum Gasteiger partial charge on any atom is 0.100 e. The van der Waals surface area contributed by atoms with Crippen LogP contribution in [0, 0.1) is 0 Å². The molecule has 0 N–H and O–H groups in total. The summed E-state index contributed by atoms with van der Waals surface area (Å²) in [6.45, 7) is 3.62. The van der Waals surface area contributed by atoms with Crippen LogP contribution in [0.1, 0.15) is 19.3 Å². The van der Waals surface area contributed by atoms with Crippen LogP contribution in [-0.2, 0) is 0 Å². The zero-order valence-electron chi connectivity index (χ0n) is 5.94. The van der Waals surface area contributed by atoms with Gasteiger partial charge in [0.15, 0.2) is 0 Å². The maximum absolute atomic E-state index is 12.4. The van der Waals surface area contributed by atoms with Gasteiger partial charge in [0, 0.05) is 6.42 Å². The Morgan fingerprint density at radius 3 is 2.80 bits per heavy atom. The largest absolute Gasteiger partial charge is 0.212 e. The third kappa shape index (κ3) is 1.83. The topological polar surface area (TPSA) is 0 Å². The molecule has 0 radical (unpaired) electrons. The van der Waals surface area contributed by atoms with Crippen molar-refractivity contribution in [2.24, 2.45) is 0 Å². The van der Waals surface area contributed by atoms with Gasteiger partial charge in [-0.15, -0.1) is 6.58 Å². The van der Waals surface area contributed by atoms with Gasteiger partial charge in [-0.05, 0) is 18.9 Å². The van der Waals surface area contributed by atoms with Crippen LogP contribution in [0.2, 0.25) is 0 Å². The minimum Gasteiger partial charge on any atom is -0.212 e. The molecular weight excluding hydrogens is 127 g/mol. The Bertz CT molecular complexity index is 187. The highest BCUT2D eigenvalue weighted by Crippen LogP contribution is 2.20. The second kappa shape index (κ2) is 3.35. The Morgan fingerprint density at radius 1 is 1.50 bits per heavy atom. The van der Waals surface area contributed by atoms with Gasteiger partial charge in [-0.25, -0.2) is 4.39 Å². The molecule has 0 aromatic carbocycles. The van der Waals surface area contributed by atoms with Crippen molar-refractivity contribution < 1.29 is 4.39 Å². The molecule has 10 heavy (non-hydrogen) atoms. The standard InChI is InChI=1S/C9H11F/c1-2-3-8-4-6-9(10)7-5-8/h2,4,6H,1,3,5,7H2. The van der Waals surface area contributed by atoms with Crippen LogP contribution in [0.4, 0.5) is 4.39 Å². The van der Waals surface area contributed by atoms with E-state index in [1.807, 2.05) is 12.2 Å². The van der Waals surface area contributed by atoms with Crippen LogP contribution in [0.15, 0.2) is 36.2 Å². The zero-order chi connectivity index (χ0) is 7.40. The number of halogens is 1. The van der Waals surface area contributed by atoms with E-state index in [-0.39, 0.29) is 5.83 Å². The fourth-order valence-electron chi connectivity index (χ4n) is 1.01. The van der Waals surface area contributed by atoms with Gasteiger partial charge in [0.2, 0.25) is 0 Å². The maximum atomic E-state index is 12.4. The van der Waals surface area contributed by atoms with E-state index in [9.17, 15) is 4.39 Å². The molecule has 0 amide bonds. The van der Waals surface area contributed by atoms with E-state index in [0.717, 1.165) is 12.8 Å². The molecule has 0 bridgehead atoms. The molecule has 0 fully saturated rings. The Labute approximate surface area is 60.7 Å². The van der Waals surface area contributed by atoms with Crippen molar-refractivity contribution in [1.82, 2.24) is 0 Å². The first-order valence-corrected chi connectivity index (χ1v) is 3.48. The second-order valence-electron chi connectivity index (χ2n) is 2.43. The van der Waals surface area contributed by atoms with Crippen molar-refractivity contribution in [1.29, 1.82) is 0 Å². The molecule has 1 aliphatic carbocycles. The lowest BCUT2D eigenvalue weighted by Crippen LogP contribution is -1.88. The van der Waals surface area contributed by atoms with E-state index in [0.29, 0.717) is 6.42 Å². The van der Waals surface area contributed by atoms with Gasteiger partial charge >= 0.3 is 0 Å². The van der Waals surface area contributed by atoms with Crippen LogP contribution >= 0.6 is 0 Å². The lowest BCUT2D eigenvalue weighted by atomic mass is 10.0. The number of hydrogen-bond acceptors (Lipinski definition) is 0. The van der Waals surface area contributed by atoms with E-state index < -0.39 is 0 Å². The van der Waals surface area contributed by atoms with E-state index in [1.165, 1.54) is 5.57 Å². The first-order chi connectivity index (χ1) is 4.83. The van der Waals surface area contributed by atoms with Crippen LogP contribution in [0.25, 0.3) is 0 Å². The zero-order valence-corrected chi connectivity index (χ0v) is 5.94. The van der Waals surface area contributed by atoms with Crippen molar-refractivity contribution in [3.8, 4) is 0 Å². The summed E-state index contributed by atoms with van der Waals surface area (Å²) in [6, 6.07) is 0. The SMILES string of the molecule is C=CCC1=CC=C(F)CC1. The molecular formula is C9H11F. The van der Waals surface area contributed by atoms with Crippen LogP contribution in [-0.4, -0.2) is 0 Å². The Morgan fingerprint density at radius 2 is 2.30 bits per heavy atom. The van der Waals surface area contributed by atoms with Crippen LogP contribution in [0.3, 0.4) is 0 Å². The third-order valence-electron chi connectivity index (χ3n) is 1.59. The quantitative estimate of drug-likeness (QED) is 0.514. The highest BCUT2D eigenvalue weighted by atomic mass is 19.1. The van der Waals surface area contributed by atoms with Gasteiger partial charge in [-0.2, -0.15) is 0 Å². The first kappa shape index (κ1) is 7.26. The average molecular weight is 138 g/mol. The number of rotatable bonds is 2. The van der Waals surface area contributed by atoms with Gasteiger partial charge in [0.25, 0.3) is 0 Å². The summed E-state index contributed by atoms with van der Waals surface area (Å²) in [5.74, 6) is -0.00666. The fourth-order valence-corrected chi connectivity index (χ4v) is 1.01. The molecule has 54 valence electrons. The molecule has 0 nitrogen and oxygen atoms in total. The molecule has 1 rings (SSSR count). The second-order valence-corrected chi connectivity index (χ2v) is 2.43. The predicted octanol–water partition coefficient (Wildman–Crippen LogP) is 3.14. The Kier molecular flexibility index (Phi) is 2.43. The summed E-state index contributed by atoms with van der Waals surface area (Å²) in [7, 11) is 0. The summed E-state index contributed by atoms with van der Waals surface area (Å²) < 4.78 is 12.4. The normalized spacial score (nSPS) is 17.7. The van der Waals surface area contributed by atoms with Gasteiger partial charge in [-0.3, -0.25) is 0 Å². The van der Waals surface area contributed by atoms with E-state index in [2.05, 4.69) is 6.58 Å². The van der Waals surface area contributed by atoms with Crippen molar-refractivity contribution in [2.45, 2.75) is 19.3 Å². The van der Waals surface area contributed by atoms with Crippen molar-refractivity contribution in [3.05, 3.63) is 36.2 Å². The van der Waals surface area contributed by atoms with Crippen LogP contribution in [0.5, 0.6) is 0 Å². The van der Waals surface area contributed by atoms with E-state index >= 15 is 0 Å². The molecule has 0 aromatic rings. The van der Waals surface area contributed by atoms with Crippen LogP contribution < -0.4 is 0 Å². The predicted molar refractivity (Wildman–Crippen MR) is 41.3 cm³/mol. The molecule has 0 saturated heterocycles. The van der Waals surface area contributed by atoms with Gasteiger partial charge in [0.05, 0.1) is 0 Å². The lowest BCUT2D eigenvalue weighted by Gasteiger charge is -2.06. The summed E-state index contributed by atoms with van der Waals surface area (Å²) in [5, 5.41) is 0. The third-order valence-corrected chi connectivity index (χ3v) is 1.59. The molecule has 0 heterocycles. The monoisotopic (exact) mass is 138 g/mol. The lowest BCUT2D eigenvalue weighted by molar-refractivity contribution is 0.580. The van der Waals surface area contributed by atoms with E-state index in [4.69, 9.17) is 0 Å². The van der Waals surface area contributed by atoms with Crippen molar-refractivity contribution in [3.63, 3.8) is 0 Å². The van der Waals surface area contributed by atoms with Crippen molar-refractivity contribution in [2.75, 3.05) is 0 Å².